The monoisotopic (exact) mass is 337 g/mol. The molecule has 1 aromatic heterocycles. The third kappa shape index (κ3) is 3.68. The molecule has 6 heteroatoms. The van der Waals surface area contributed by atoms with Gasteiger partial charge in [0.15, 0.2) is 0 Å². The van der Waals surface area contributed by atoms with Gasteiger partial charge in [-0.05, 0) is 40.0 Å². The molecule has 5 nitrogen and oxygen atoms in total. The molecule has 2 aromatic rings. The molecule has 0 saturated heterocycles. The Labute approximate surface area is 126 Å². The largest absolute Gasteiger partial charge is 0.438 e. The lowest BCUT2D eigenvalue weighted by atomic mass is 10.2. The summed E-state index contributed by atoms with van der Waals surface area (Å²) in [5.74, 6) is 1.82. The Morgan fingerprint density at radius 2 is 2.00 bits per heavy atom. The van der Waals surface area contributed by atoms with E-state index in [4.69, 9.17) is 9.84 Å². The Hall–Kier alpha value is -1.66. The van der Waals surface area contributed by atoms with E-state index in [0.717, 1.165) is 18.5 Å². The number of halogens is 1. The summed E-state index contributed by atoms with van der Waals surface area (Å²) in [6.45, 7) is 2.94. The fourth-order valence-electron chi connectivity index (χ4n) is 1.57. The first kappa shape index (κ1) is 14.7. The predicted octanol–water partition coefficient (Wildman–Crippen LogP) is 3.35. The molecule has 0 spiro atoms. The van der Waals surface area contributed by atoms with Crippen molar-refractivity contribution >= 4 is 21.7 Å². The van der Waals surface area contributed by atoms with Gasteiger partial charge in [0.2, 0.25) is 5.88 Å². The summed E-state index contributed by atoms with van der Waals surface area (Å²) in [5, 5.41) is 12.2. The van der Waals surface area contributed by atoms with Gasteiger partial charge in [0, 0.05) is 6.54 Å². The summed E-state index contributed by atoms with van der Waals surface area (Å²) in [6, 6.07) is 7.19. The molecule has 0 unspecified atom stereocenters. The van der Waals surface area contributed by atoms with Gasteiger partial charge in [0.05, 0.1) is 6.61 Å². The van der Waals surface area contributed by atoms with Crippen molar-refractivity contribution in [1.82, 2.24) is 9.97 Å². The zero-order chi connectivity index (χ0) is 14.4. The van der Waals surface area contributed by atoms with Gasteiger partial charge in [-0.2, -0.15) is 0 Å². The summed E-state index contributed by atoms with van der Waals surface area (Å²) in [5.41, 5.74) is 0.837. The van der Waals surface area contributed by atoms with Crippen molar-refractivity contribution < 1.29 is 9.84 Å². The molecule has 2 rings (SSSR count). The normalized spacial score (nSPS) is 10.3. The van der Waals surface area contributed by atoms with E-state index < -0.39 is 0 Å². The van der Waals surface area contributed by atoms with Gasteiger partial charge >= 0.3 is 0 Å². The molecule has 1 aromatic carbocycles. The minimum absolute atomic E-state index is 0.0164. The van der Waals surface area contributed by atoms with Gasteiger partial charge < -0.3 is 15.2 Å². The van der Waals surface area contributed by atoms with Gasteiger partial charge in [-0.25, -0.2) is 9.97 Å². The van der Waals surface area contributed by atoms with E-state index in [1.165, 1.54) is 6.33 Å². The van der Waals surface area contributed by atoms with Crippen molar-refractivity contribution in [3.63, 3.8) is 0 Å². The van der Waals surface area contributed by atoms with E-state index in [1.54, 1.807) is 24.3 Å². The molecule has 0 fully saturated rings. The molecule has 20 heavy (non-hydrogen) atoms. The first-order valence-corrected chi connectivity index (χ1v) is 7.16. The van der Waals surface area contributed by atoms with E-state index >= 15 is 0 Å². The molecule has 0 atom stereocenters. The Balaban J connectivity index is 2.15. The number of aliphatic hydroxyl groups excluding tert-OH is 1. The van der Waals surface area contributed by atoms with E-state index in [1.807, 2.05) is 0 Å². The highest BCUT2D eigenvalue weighted by Gasteiger charge is 2.10. The first-order chi connectivity index (χ1) is 9.74. The molecule has 0 saturated carbocycles. The fraction of sp³-hybridized carbons (Fsp3) is 0.286. The second kappa shape index (κ2) is 7.21. The average molecular weight is 338 g/mol. The van der Waals surface area contributed by atoms with E-state index in [2.05, 4.69) is 38.1 Å². The molecule has 0 amide bonds. The highest BCUT2D eigenvalue weighted by atomic mass is 79.9. The zero-order valence-electron chi connectivity index (χ0n) is 11.1. The standard InChI is InChI=1S/C14H16BrN3O2/c1-2-7-16-13-12(15)14(18-9-17-13)20-11-5-3-10(8-19)4-6-11/h3-6,9,19H,2,7-8H2,1H3,(H,16,17,18). The number of hydrogen-bond acceptors (Lipinski definition) is 5. The first-order valence-electron chi connectivity index (χ1n) is 6.36. The van der Waals surface area contributed by atoms with Gasteiger partial charge in [-0.3, -0.25) is 0 Å². The van der Waals surface area contributed by atoms with Crippen molar-refractivity contribution in [3.8, 4) is 11.6 Å². The lowest BCUT2D eigenvalue weighted by molar-refractivity contribution is 0.281. The van der Waals surface area contributed by atoms with Crippen LogP contribution in [0.4, 0.5) is 5.82 Å². The summed E-state index contributed by atoms with van der Waals surface area (Å²) in [6.07, 6.45) is 2.47. The lowest BCUT2D eigenvalue weighted by Crippen LogP contribution is -2.04. The van der Waals surface area contributed by atoms with Crippen LogP contribution in [-0.4, -0.2) is 21.6 Å². The van der Waals surface area contributed by atoms with Crippen molar-refractivity contribution in [2.75, 3.05) is 11.9 Å². The Morgan fingerprint density at radius 3 is 2.65 bits per heavy atom. The second-order valence-corrected chi connectivity index (χ2v) is 4.97. The second-order valence-electron chi connectivity index (χ2n) is 4.17. The molecule has 0 aliphatic rings. The average Bonchev–Trinajstić information content (AvgIpc) is 2.49. The van der Waals surface area contributed by atoms with Crippen LogP contribution in [0.15, 0.2) is 35.1 Å². The van der Waals surface area contributed by atoms with Crippen LogP contribution in [0.3, 0.4) is 0 Å². The van der Waals surface area contributed by atoms with Crippen LogP contribution >= 0.6 is 15.9 Å². The Kier molecular flexibility index (Phi) is 5.31. The summed E-state index contributed by atoms with van der Waals surface area (Å²) in [4.78, 5) is 8.28. The van der Waals surface area contributed by atoms with Crippen LogP contribution in [0.25, 0.3) is 0 Å². The summed E-state index contributed by atoms with van der Waals surface area (Å²) >= 11 is 3.44. The van der Waals surface area contributed by atoms with Gasteiger partial charge in [0.25, 0.3) is 0 Å². The Bertz CT molecular complexity index is 561. The van der Waals surface area contributed by atoms with Crippen molar-refractivity contribution in [2.24, 2.45) is 0 Å². The molecule has 0 radical (unpaired) electrons. The SMILES string of the molecule is CCCNc1ncnc(Oc2ccc(CO)cc2)c1Br. The molecule has 2 N–H and O–H groups in total. The van der Waals surface area contributed by atoms with Crippen molar-refractivity contribution in [3.05, 3.63) is 40.6 Å². The van der Waals surface area contributed by atoms with Crippen LogP contribution in [-0.2, 0) is 6.61 Å². The maximum Gasteiger partial charge on any atom is 0.238 e. The van der Waals surface area contributed by atoms with Gasteiger partial charge in [-0.1, -0.05) is 19.1 Å². The van der Waals surface area contributed by atoms with Crippen molar-refractivity contribution in [1.29, 1.82) is 0 Å². The number of nitrogens with one attached hydrogen (secondary N) is 1. The number of anilines is 1. The number of aliphatic hydroxyl groups is 1. The van der Waals surface area contributed by atoms with Gasteiger partial charge in [0.1, 0.15) is 22.4 Å². The Morgan fingerprint density at radius 1 is 1.25 bits per heavy atom. The minimum atomic E-state index is 0.0164. The van der Waals surface area contributed by atoms with Crippen LogP contribution in [0.1, 0.15) is 18.9 Å². The molecule has 0 aliphatic heterocycles. The van der Waals surface area contributed by atoms with E-state index in [-0.39, 0.29) is 6.61 Å². The van der Waals surface area contributed by atoms with Crippen LogP contribution in [0, 0.1) is 0 Å². The third-order valence-corrected chi connectivity index (χ3v) is 3.34. The third-order valence-electron chi connectivity index (χ3n) is 2.62. The highest BCUT2D eigenvalue weighted by molar-refractivity contribution is 9.10. The van der Waals surface area contributed by atoms with E-state index in [0.29, 0.717) is 21.9 Å². The molecular formula is C14H16BrN3O2. The topological polar surface area (TPSA) is 67.3 Å². The predicted molar refractivity (Wildman–Crippen MR) is 81.0 cm³/mol. The smallest absolute Gasteiger partial charge is 0.238 e. The molecule has 0 bridgehead atoms. The van der Waals surface area contributed by atoms with Crippen LogP contribution < -0.4 is 10.1 Å². The summed E-state index contributed by atoms with van der Waals surface area (Å²) in [7, 11) is 0. The number of rotatable bonds is 6. The quantitative estimate of drug-likeness (QED) is 0.846. The summed E-state index contributed by atoms with van der Waals surface area (Å²) < 4.78 is 6.40. The minimum Gasteiger partial charge on any atom is -0.438 e. The number of benzene rings is 1. The van der Waals surface area contributed by atoms with Gasteiger partial charge in [-0.15, -0.1) is 0 Å². The fourth-order valence-corrected chi connectivity index (χ4v) is 1.99. The molecule has 106 valence electrons. The molecular weight excluding hydrogens is 322 g/mol. The maximum atomic E-state index is 9.00. The number of ether oxygens (including phenoxy) is 1. The van der Waals surface area contributed by atoms with Crippen molar-refractivity contribution in [2.45, 2.75) is 20.0 Å². The van der Waals surface area contributed by atoms with Crippen LogP contribution in [0.2, 0.25) is 0 Å². The highest BCUT2D eigenvalue weighted by Crippen LogP contribution is 2.31. The number of aromatic nitrogens is 2. The number of nitrogens with zero attached hydrogens (tertiary/aromatic N) is 2. The molecule has 1 heterocycles. The van der Waals surface area contributed by atoms with E-state index in [9.17, 15) is 0 Å². The lowest BCUT2D eigenvalue weighted by Gasteiger charge is -2.10. The van der Waals surface area contributed by atoms with Crippen LogP contribution in [0.5, 0.6) is 11.6 Å². The number of hydrogen-bond donors (Lipinski definition) is 2. The maximum absolute atomic E-state index is 9.00. The molecule has 0 aliphatic carbocycles. The zero-order valence-corrected chi connectivity index (χ0v) is 12.7.